The molecule has 2 aromatic heterocycles. The predicted molar refractivity (Wildman–Crippen MR) is 211 cm³/mol. The summed E-state index contributed by atoms with van der Waals surface area (Å²) >= 11 is 0. The van der Waals surface area contributed by atoms with E-state index in [1.807, 2.05) is 21.8 Å². The number of hydrogen-bond donors (Lipinski definition) is 0. The molecular formula is C45H38N6O2. The van der Waals surface area contributed by atoms with E-state index < -0.39 is 0 Å². The largest absolute Gasteiger partial charge is 0.370 e. The number of aryl methyl sites for hydroxylation is 2. The van der Waals surface area contributed by atoms with E-state index in [1.165, 1.54) is 75.8 Å². The van der Waals surface area contributed by atoms with E-state index in [0.717, 1.165) is 43.7 Å². The van der Waals surface area contributed by atoms with Crippen LogP contribution in [0.15, 0.2) is 122 Å². The summed E-state index contributed by atoms with van der Waals surface area (Å²) < 4.78 is 16.1. The van der Waals surface area contributed by atoms with Crippen molar-refractivity contribution in [2.75, 3.05) is 0 Å². The lowest BCUT2D eigenvalue weighted by Gasteiger charge is -2.13. The Morgan fingerprint density at radius 2 is 0.792 bits per heavy atom. The molecule has 10 aromatic rings. The van der Waals surface area contributed by atoms with E-state index in [-0.39, 0.29) is 0 Å². The molecule has 0 aliphatic rings. The van der Waals surface area contributed by atoms with Crippen molar-refractivity contribution in [3.8, 4) is 0 Å². The van der Waals surface area contributed by atoms with E-state index in [2.05, 4.69) is 130 Å². The molecule has 0 aliphatic heterocycles. The molecule has 0 saturated heterocycles. The molecule has 8 aromatic carbocycles. The van der Waals surface area contributed by atoms with Crippen LogP contribution in [-0.4, -0.2) is 30.0 Å². The van der Waals surface area contributed by atoms with Gasteiger partial charge >= 0.3 is 0 Å². The number of unbranched alkanes of at least 4 members (excludes halogenated alkanes) is 2. The van der Waals surface area contributed by atoms with Crippen LogP contribution in [0, 0.1) is 0 Å². The summed E-state index contributed by atoms with van der Waals surface area (Å²) in [6, 6.07) is 39.5. The van der Waals surface area contributed by atoms with Gasteiger partial charge in [0.2, 0.25) is 0 Å². The Kier molecular flexibility index (Phi) is 8.11. The molecule has 0 fully saturated rings. The van der Waals surface area contributed by atoms with E-state index in [4.69, 9.17) is 9.47 Å². The van der Waals surface area contributed by atoms with Crippen LogP contribution in [0.1, 0.15) is 41.8 Å². The molecule has 0 N–H and O–H groups in total. The second-order valence-electron chi connectivity index (χ2n) is 14.2. The highest BCUT2D eigenvalue weighted by Crippen LogP contribution is 2.37. The summed E-state index contributed by atoms with van der Waals surface area (Å²) in [6.07, 6.45) is 7.07. The standard InChI is InChI=1S/C45H38N6O2/c1(2-22-50-24-38(46-48-50)28-52-26-36-16-14-34-12-10-30-6-4-8-32-18-20-40(36)44(34)42(30)32)3-23-51-25-39(47-49-51)29-53-27-37-17-15-35-13-11-31-7-5-9-33-19-21-41(37)45(35)43(31)33/h4-21,24-25H,1-3,22-23,26-29H2. The fourth-order valence-electron chi connectivity index (χ4n) is 8.13. The summed E-state index contributed by atoms with van der Waals surface area (Å²) in [6.45, 7) is 3.55. The average molecular weight is 695 g/mol. The van der Waals surface area contributed by atoms with Gasteiger partial charge in [-0.3, -0.25) is 9.36 Å². The molecule has 0 saturated carbocycles. The fraction of sp³-hybridized carbons (Fsp3) is 0.200. The van der Waals surface area contributed by atoms with Crippen molar-refractivity contribution in [1.82, 2.24) is 30.0 Å². The van der Waals surface area contributed by atoms with Gasteiger partial charge in [-0.15, -0.1) is 10.2 Å². The van der Waals surface area contributed by atoms with Crippen molar-refractivity contribution in [2.24, 2.45) is 0 Å². The third-order valence-electron chi connectivity index (χ3n) is 10.7. The number of benzene rings is 8. The smallest absolute Gasteiger partial charge is 0.108 e. The van der Waals surface area contributed by atoms with Crippen LogP contribution in [-0.2, 0) is 49.0 Å². The van der Waals surface area contributed by atoms with E-state index in [0.29, 0.717) is 26.4 Å². The quantitative estimate of drug-likeness (QED) is 0.0833. The second-order valence-corrected chi connectivity index (χ2v) is 14.2. The van der Waals surface area contributed by atoms with Crippen molar-refractivity contribution in [1.29, 1.82) is 0 Å². The van der Waals surface area contributed by atoms with Crippen LogP contribution >= 0.6 is 0 Å². The van der Waals surface area contributed by atoms with Gasteiger partial charge in [0.15, 0.2) is 0 Å². The Morgan fingerprint density at radius 3 is 1.25 bits per heavy atom. The summed E-state index contributed by atoms with van der Waals surface area (Å²) in [5.41, 5.74) is 4.07. The first-order valence-corrected chi connectivity index (χ1v) is 18.5. The highest BCUT2D eigenvalue weighted by Gasteiger charge is 2.13. The lowest BCUT2D eigenvalue weighted by atomic mass is 9.92. The Morgan fingerprint density at radius 1 is 0.396 bits per heavy atom. The molecule has 0 spiro atoms. The molecule has 0 aliphatic carbocycles. The van der Waals surface area contributed by atoms with Crippen LogP contribution < -0.4 is 0 Å². The van der Waals surface area contributed by atoms with Gasteiger partial charge < -0.3 is 9.47 Å². The molecule has 8 heteroatoms. The molecule has 0 unspecified atom stereocenters. The second kappa shape index (κ2) is 13.5. The van der Waals surface area contributed by atoms with Crippen molar-refractivity contribution in [2.45, 2.75) is 58.8 Å². The van der Waals surface area contributed by atoms with E-state index >= 15 is 0 Å². The van der Waals surface area contributed by atoms with Crippen LogP contribution in [0.4, 0.5) is 0 Å². The first-order valence-electron chi connectivity index (χ1n) is 18.5. The zero-order chi connectivity index (χ0) is 35.1. The van der Waals surface area contributed by atoms with Crippen LogP contribution in [0.25, 0.3) is 64.6 Å². The number of ether oxygens (including phenoxy) is 2. The minimum absolute atomic E-state index is 0.429. The maximum Gasteiger partial charge on any atom is 0.108 e. The third kappa shape index (κ3) is 6.00. The van der Waals surface area contributed by atoms with Crippen molar-refractivity contribution in [3.05, 3.63) is 144 Å². The van der Waals surface area contributed by atoms with Gasteiger partial charge in [-0.25, -0.2) is 0 Å². The van der Waals surface area contributed by atoms with Crippen molar-refractivity contribution < 1.29 is 9.47 Å². The van der Waals surface area contributed by atoms with Gasteiger partial charge in [0.05, 0.1) is 38.8 Å². The average Bonchev–Trinajstić information content (AvgIpc) is 3.86. The molecule has 2 heterocycles. The highest BCUT2D eigenvalue weighted by molar-refractivity contribution is 6.24. The molecule has 260 valence electrons. The third-order valence-corrected chi connectivity index (χ3v) is 10.7. The highest BCUT2D eigenvalue weighted by atomic mass is 16.5. The molecule has 0 bridgehead atoms. The lowest BCUT2D eigenvalue weighted by Crippen LogP contribution is -2.02. The summed E-state index contributed by atoms with van der Waals surface area (Å²) in [5.74, 6) is 0. The molecule has 0 atom stereocenters. The first-order chi connectivity index (χ1) is 26.2. The number of rotatable bonds is 14. The molecule has 0 radical (unpaired) electrons. The van der Waals surface area contributed by atoms with Gasteiger partial charge in [0.1, 0.15) is 11.4 Å². The lowest BCUT2D eigenvalue weighted by molar-refractivity contribution is 0.105. The fourth-order valence-corrected chi connectivity index (χ4v) is 8.13. The predicted octanol–water partition coefficient (Wildman–Crippen LogP) is 9.97. The van der Waals surface area contributed by atoms with E-state index in [9.17, 15) is 0 Å². The molecule has 8 nitrogen and oxygen atoms in total. The molecular weight excluding hydrogens is 657 g/mol. The maximum atomic E-state index is 6.15. The molecule has 53 heavy (non-hydrogen) atoms. The Hall–Kier alpha value is -5.96. The SMILES string of the molecule is c1cc2ccc3ccc(COCc4cn(CCCCCn5cc(COCc6ccc7ccc8cccc9ccc6c7c89)nn5)nn4)c4ccc(c1)c2c34. The minimum atomic E-state index is 0.429. The van der Waals surface area contributed by atoms with Gasteiger partial charge in [0.25, 0.3) is 0 Å². The van der Waals surface area contributed by atoms with Crippen LogP contribution in [0.5, 0.6) is 0 Å². The van der Waals surface area contributed by atoms with Crippen LogP contribution in [0.2, 0.25) is 0 Å². The topological polar surface area (TPSA) is 79.9 Å². The van der Waals surface area contributed by atoms with Crippen molar-refractivity contribution in [3.63, 3.8) is 0 Å². The number of hydrogen-bond acceptors (Lipinski definition) is 6. The van der Waals surface area contributed by atoms with Gasteiger partial charge in [0, 0.05) is 13.1 Å². The Balaban J connectivity index is 0.675. The zero-order valence-electron chi connectivity index (χ0n) is 29.4. The van der Waals surface area contributed by atoms with Crippen molar-refractivity contribution >= 4 is 64.6 Å². The van der Waals surface area contributed by atoms with E-state index in [1.54, 1.807) is 0 Å². The summed E-state index contributed by atoms with van der Waals surface area (Å²) in [4.78, 5) is 0. The van der Waals surface area contributed by atoms with Gasteiger partial charge in [-0.1, -0.05) is 120 Å². The summed E-state index contributed by atoms with van der Waals surface area (Å²) in [5, 5.41) is 32.8. The summed E-state index contributed by atoms with van der Waals surface area (Å²) in [7, 11) is 0. The van der Waals surface area contributed by atoms with Gasteiger partial charge in [-0.05, 0) is 95.0 Å². The normalized spacial score (nSPS) is 12.2. The Labute approximate surface area is 306 Å². The number of nitrogens with zero attached hydrogens (tertiary/aromatic N) is 6. The monoisotopic (exact) mass is 694 g/mol. The first kappa shape index (κ1) is 31.7. The van der Waals surface area contributed by atoms with Gasteiger partial charge in [-0.2, -0.15) is 0 Å². The minimum Gasteiger partial charge on any atom is -0.370 e. The Bertz CT molecular complexity index is 2630. The molecule has 0 amide bonds. The number of aromatic nitrogens is 6. The maximum absolute atomic E-state index is 6.15. The van der Waals surface area contributed by atoms with Crippen LogP contribution in [0.3, 0.4) is 0 Å². The zero-order valence-corrected chi connectivity index (χ0v) is 29.4. The molecule has 10 rings (SSSR count).